The predicted octanol–water partition coefficient (Wildman–Crippen LogP) is 5.63. The Bertz CT molecular complexity index is 307. The molecule has 0 amide bonds. The highest BCUT2D eigenvalue weighted by atomic mass is 35.5. The van der Waals surface area contributed by atoms with Crippen molar-refractivity contribution in [2.24, 2.45) is 10.8 Å². The largest absolute Gasteiger partial charge is 0.376 e. The Labute approximate surface area is 130 Å². The lowest BCUT2D eigenvalue weighted by Crippen LogP contribution is -2.52. The number of alkyl halides is 5. The highest BCUT2D eigenvalue weighted by Crippen LogP contribution is 2.51. The van der Waals surface area contributed by atoms with Crippen LogP contribution >= 0.6 is 23.2 Å². The monoisotopic (exact) mass is 336 g/mol. The van der Waals surface area contributed by atoms with Crippen LogP contribution in [0.15, 0.2) is 0 Å². The van der Waals surface area contributed by atoms with Crippen molar-refractivity contribution in [3.8, 4) is 0 Å². The average Bonchev–Trinajstić information content (AvgIpc) is 2.20. The lowest BCUT2D eigenvalue weighted by molar-refractivity contribution is -0.173. The molecule has 6 heteroatoms. The summed E-state index contributed by atoms with van der Waals surface area (Å²) in [7, 11) is 0. The van der Waals surface area contributed by atoms with E-state index in [0.717, 1.165) is 0 Å². The Hall–Kier alpha value is 0.330. The van der Waals surface area contributed by atoms with Gasteiger partial charge in [-0.05, 0) is 5.41 Å². The molecule has 0 aliphatic heterocycles. The molecule has 0 saturated heterocycles. The molecule has 0 aliphatic carbocycles. The van der Waals surface area contributed by atoms with Gasteiger partial charge in [0.1, 0.15) is 0 Å². The maximum absolute atomic E-state index is 14.4. The lowest BCUT2D eigenvalue weighted by atomic mass is 9.79. The Kier molecular flexibility index (Phi) is 6.73. The second-order valence-corrected chi connectivity index (χ2v) is 8.05. The standard InChI is InChI=1S/C14H25Cl2F3O/c1-11(2,3)10(20-8-7-15)9-13(17,18)14(16,19)12(4,5)6/h10H,7-9H2,1-6H3. The van der Waals surface area contributed by atoms with Gasteiger partial charge in [0.15, 0.2) is 0 Å². The van der Waals surface area contributed by atoms with E-state index in [-0.39, 0.29) is 12.5 Å². The van der Waals surface area contributed by atoms with Crippen molar-refractivity contribution in [3.63, 3.8) is 0 Å². The van der Waals surface area contributed by atoms with Gasteiger partial charge in [0.25, 0.3) is 11.1 Å². The van der Waals surface area contributed by atoms with Gasteiger partial charge in [0.2, 0.25) is 0 Å². The predicted molar refractivity (Wildman–Crippen MR) is 78.6 cm³/mol. The molecule has 0 bridgehead atoms. The van der Waals surface area contributed by atoms with Gasteiger partial charge in [-0.2, -0.15) is 0 Å². The van der Waals surface area contributed by atoms with Crippen LogP contribution in [-0.2, 0) is 4.74 Å². The van der Waals surface area contributed by atoms with Crippen LogP contribution in [0.25, 0.3) is 0 Å². The molecule has 2 atom stereocenters. The Balaban J connectivity index is 5.20. The summed E-state index contributed by atoms with van der Waals surface area (Å²) in [6.07, 6.45) is -1.63. The first-order valence-corrected chi connectivity index (χ1v) is 7.51. The van der Waals surface area contributed by atoms with Crippen molar-refractivity contribution in [1.82, 2.24) is 0 Å². The first kappa shape index (κ1) is 20.3. The third-order valence-electron chi connectivity index (χ3n) is 3.21. The van der Waals surface area contributed by atoms with E-state index in [1.165, 1.54) is 20.8 Å². The SMILES string of the molecule is CC(C)(C)C(CC(F)(F)C(F)(Cl)C(C)(C)C)OCCCl. The highest BCUT2D eigenvalue weighted by Gasteiger charge is 2.61. The van der Waals surface area contributed by atoms with E-state index < -0.39 is 34.4 Å². The summed E-state index contributed by atoms with van der Waals surface area (Å²) < 4.78 is 48.3. The molecule has 122 valence electrons. The number of halogens is 5. The van der Waals surface area contributed by atoms with Crippen molar-refractivity contribution in [1.29, 1.82) is 0 Å². The summed E-state index contributed by atoms with van der Waals surface area (Å²) in [6.45, 7) is 9.45. The van der Waals surface area contributed by atoms with E-state index in [2.05, 4.69) is 0 Å². The van der Waals surface area contributed by atoms with E-state index >= 15 is 0 Å². The van der Waals surface area contributed by atoms with Crippen LogP contribution in [-0.4, -0.2) is 29.6 Å². The smallest absolute Gasteiger partial charge is 0.298 e. The third kappa shape index (κ3) is 4.96. The van der Waals surface area contributed by atoms with Gasteiger partial charge in [-0.25, -0.2) is 13.2 Å². The fourth-order valence-corrected chi connectivity index (χ4v) is 1.88. The minimum Gasteiger partial charge on any atom is -0.376 e. The summed E-state index contributed by atoms with van der Waals surface area (Å²) in [6, 6.07) is 0. The van der Waals surface area contributed by atoms with E-state index in [0.29, 0.717) is 0 Å². The van der Waals surface area contributed by atoms with Crippen molar-refractivity contribution in [2.75, 3.05) is 12.5 Å². The molecule has 0 aliphatic rings. The zero-order valence-electron chi connectivity index (χ0n) is 13.0. The summed E-state index contributed by atoms with van der Waals surface area (Å²) in [5.74, 6) is -3.52. The molecule has 2 unspecified atom stereocenters. The molecule has 20 heavy (non-hydrogen) atoms. The number of hydrogen-bond acceptors (Lipinski definition) is 1. The van der Waals surface area contributed by atoms with Crippen LogP contribution in [0.5, 0.6) is 0 Å². The quantitative estimate of drug-likeness (QED) is 0.571. The van der Waals surface area contributed by atoms with E-state index in [4.69, 9.17) is 27.9 Å². The Morgan fingerprint density at radius 1 is 1.00 bits per heavy atom. The minimum absolute atomic E-state index is 0.136. The van der Waals surface area contributed by atoms with Crippen LogP contribution in [0.3, 0.4) is 0 Å². The number of rotatable bonds is 6. The van der Waals surface area contributed by atoms with Crippen molar-refractivity contribution >= 4 is 23.2 Å². The van der Waals surface area contributed by atoms with Gasteiger partial charge in [-0.3, -0.25) is 0 Å². The summed E-state index contributed by atoms with van der Waals surface area (Å²) in [5, 5.41) is -3.15. The average molecular weight is 337 g/mol. The zero-order valence-corrected chi connectivity index (χ0v) is 14.5. The molecule has 0 fully saturated rings. The molecule has 0 N–H and O–H groups in total. The van der Waals surface area contributed by atoms with Gasteiger partial charge in [-0.1, -0.05) is 53.1 Å². The molecular formula is C14H25Cl2F3O. The van der Waals surface area contributed by atoms with Gasteiger partial charge >= 0.3 is 0 Å². The summed E-state index contributed by atoms with van der Waals surface area (Å²) in [5.41, 5.74) is -1.96. The van der Waals surface area contributed by atoms with Crippen LogP contribution in [0.2, 0.25) is 0 Å². The zero-order chi connectivity index (χ0) is 16.4. The van der Waals surface area contributed by atoms with E-state index in [1.54, 1.807) is 20.8 Å². The molecular weight excluding hydrogens is 312 g/mol. The maximum atomic E-state index is 14.4. The van der Waals surface area contributed by atoms with Gasteiger partial charge in [-0.15, -0.1) is 11.6 Å². The van der Waals surface area contributed by atoms with Crippen molar-refractivity contribution in [3.05, 3.63) is 0 Å². The second-order valence-electron chi connectivity index (χ2n) is 7.15. The maximum Gasteiger partial charge on any atom is 0.298 e. The molecule has 0 aromatic rings. The van der Waals surface area contributed by atoms with Crippen molar-refractivity contribution in [2.45, 2.75) is 65.1 Å². The molecule has 0 saturated carbocycles. The molecule has 0 radical (unpaired) electrons. The van der Waals surface area contributed by atoms with Gasteiger partial charge in [0.05, 0.1) is 12.7 Å². The Morgan fingerprint density at radius 3 is 1.75 bits per heavy atom. The van der Waals surface area contributed by atoms with Crippen LogP contribution in [0.4, 0.5) is 13.2 Å². The molecule has 0 aromatic carbocycles. The summed E-state index contributed by atoms with van der Waals surface area (Å²) >= 11 is 11.1. The first-order valence-electron chi connectivity index (χ1n) is 6.60. The highest BCUT2D eigenvalue weighted by molar-refractivity contribution is 6.24. The fraction of sp³-hybridized carbons (Fsp3) is 1.00. The minimum atomic E-state index is -3.71. The lowest BCUT2D eigenvalue weighted by Gasteiger charge is -2.41. The molecule has 1 nitrogen and oxygen atoms in total. The van der Waals surface area contributed by atoms with E-state index in [1.807, 2.05) is 0 Å². The van der Waals surface area contributed by atoms with E-state index in [9.17, 15) is 13.2 Å². The molecule has 0 spiro atoms. The molecule has 0 aromatic heterocycles. The fourth-order valence-electron chi connectivity index (χ4n) is 1.71. The Morgan fingerprint density at radius 2 is 1.45 bits per heavy atom. The van der Waals surface area contributed by atoms with Crippen LogP contribution < -0.4 is 0 Å². The normalized spacial score (nSPS) is 18.8. The van der Waals surface area contributed by atoms with Gasteiger partial charge in [0, 0.05) is 17.7 Å². The van der Waals surface area contributed by atoms with Gasteiger partial charge < -0.3 is 4.74 Å². The summed E-state index contributed by atoms with van der Waals surface area (Å²) in [4.78, 5) is 0. The van der Waals surface area contributed by atoms with Crippen LogP contribution in [0.1, 0.15) is 48.0 Å². The number of ether oxygens (including phenoxy) is 1. The third-order valence-corrected chi connectivity index (χ3v) is 4.20. The first-order chi connectivity index (χ1) is 8.67. The van der Waals surface area contributed by atoms with Crippen molar-refractivity contribution < 1.29 is 17.9 Å². The molecule has 0 rings (SSSR count). The topological polar surface area (TPSA) is 9.23 Å². The second kappa shape index (κ2) is 6.62. The van der Waals surface area contributed by atoms with Crippen LogP contribution in [0, 0.1) is 10.8 Å². The number of hydrogen-bond donors (Lipinski definition) is 0. The molecule has 0 heterocycles.